The van der Waals surface area contributed by atoms with Crippen LogP contribution in [0.4, 0.5) is 5.69 Å². The number of amides is 1. The minimum Gasteiger partial charge on any atom is -0.497 e. The molecule has 3 aromatic rings. The number of ether oxygens (including phenoxy) is 3. The van der Waals surface area contributed by atoms with E-state index in [0.717, 1.165) is 27.5 Å². The van der Waals surface area contributed by atoms with Crippen molar-refractivity contribution in [1.82, 2.24) is 0 Å². The van der Waals surface area contributed by atoms with Gasteiger partial charge in [-0.2, -0.15) is 0 Å². The van der Waals surface area contributed by atoms with Crippen molar-refractivity contribution in [1.29, 1.82) is 0 Å². The van der Waals surface area contributed by atoms with Crippen molar-refractivity contribution >= 4 is 11.6 Å². The normalized spacial score (nSPS) is 14.4. The van der Waals surface area contributed by atoms with Crippen LogP contribution in [0.5, 0.6) is 17.2 Å². The summed E-state index contributed by atoms with van der Waals surface area (Å²) in [5, 5.41) is 3.05. The molecule has 6 heteroatoms. The number of anilines is 1. The molecule has 2 N–H and O–H groups in total. The molecule has 0 radical (unpaired) electrons. The highest BCUT2D eigenvalue weighted by Crippen LogP contribution is 2.30. The van der Waals surface area contributed by atoms with Crippen LogP contribution in [-0.4, -0.2) is 33.3 Å². The molecule has 4 rings (SSSR count). The van der Waals surface area contributed by atoms with Gasteiger partial charge < -0.3 is 24.4 Å². The number of benzene rings is 3. The van der Waals surface area contributed by atoms with E-state index >= 15 is 0 Å². The quantitative estimate of drug-likeness (QED) is 0.618. The maximum absolute atomic E-state index is 13.4. The lowest BCUT2D eigenvalue weighted by atomic mass is 10.0. The molecule has 160 valence electrons. The van der Waals surface area contributed by atoms with Crippen molar-refractivity contribution in [3.05, 3.63) is 83.9 Å². The lowest BCUT2D eigenvalue weighted by molar-refractivity contribution is -0.915. The van der Waals surface area contributed by atoms with E-state index in [-0.39, 0.29) is 11.9 Å². The fourth-order valence-electron chi connectivity index (χ4n) is 3.84. The van der Waals surface area contributed by atoms with Gasteiger partial charge in [-0.05, 0) is 30.3 Å². The molecule has 1 aliphatic rings. The number of nitrogens with one attached hydrogen (secondary N) is 2. The molecular formula is C25H27N2O4+. The van der Waals surface area contributed by atoms with Crippen molar-refractivity contribution in [2.75, 3.05) is 32.7 Å². The number of carbonyl (C=O) groups excluding carboxylic acids is 1. The molecule has 3 aromatic carbocycles. The number of carbonyl (C=O) groups is 1. The average Bonchev–Trinajstić information content (AvgIpc) is 2.80. The second-order valence-corrected chi connectivity index (χ2v) is 7.57. The topological polar surface area (TPSA) is 61.2 Å². The summed E-state index contributed by atoms with van der Waals surface area (Å²) in [5.74, 6) is 2.15. The SMILES string of the molecule is COc1cccc(NC(=O)[C@@H](c2ccccc2)[NH+](C)Cc2ccc3c(c2)OCCO3)c1. The van der Waals surface area contributed by atoms with E-state index in [4.69, 9.17) is 14.2 Å². The van der Waals surface area contributed by atoms with E-state index in [1.807, 2.05) is 79.8 Å². The van der Waals surface area contributed by atoms with Crippen LogP contribution in [0.3, 0.4) is 0 Å². The van der Waals surface area contributed by atoms with Crippen LogP contribution < -0.4 is 24.4 Å². The number of rotatable bonds is 7. The average molecular weight is 420 g/mol. The number of methoxy groups -OCH3 is 1. The Hall–Kier alpha value is -3.51. The van der Waals surface area contributed by atoms with Crippen molar-refractivity contribution < 1.29 is 23.9 Å². The smallest absolute Gasteiger partial charge is 0.287 e. The first-order valence-electron chi connectivity index (χ1n) is 10.3. The number of quaternary nitrogens is 1. The predicted octanol–water partition coefficient (Wildman–Crippen LogP) is 2.86. The van der Waals surface area contributed by atoms with E-state index in [9.17, 15) is 4.79 Å². The number of hydrogen-bond donors (Lipinski definition) is 2. The Morgan fingerprint density at radius 1 is 1.00 bits per heavy atom. The Morgan fingerprint density at radius 3 is 2.55 bits per heavy atom. The zero-order valence-electron chi connectivity index (χ0n) is 17.8. The molecule has 2 atom stereocenters. The molecule has 31 heavy (non-hydrogen) atoms. The third-order valence-corrected chi connectivity index (χ3v) is 5.31. The number of fused-ring (bicyclic) bond motifs is 1. The molecule has 1 amide bonds. The van der Waals surface area contributed by atoms with Gasteiger partial charge >= 0.3 is 0 Å². The van der Waals surface area contributed by atoms with Gasteiger partial charge in [0.1, 0.15) is 25.5 Å². The monoisotopic (exact) mass is 419 g/mol. The first kappa shape index (κ1) is 20.8. The standard InChI is InChI=1S/C25H26N2O4/c1-27(17-18-11-12-22-23(15-18)31-14-13-30-22)24(19-7-4-3-5-8-19)25(28)26-20-9-6-10-21(16-20)29-2/h3-12,15-16,24H,13-14,17H2,1-2H3,(H,26,28)/p+1/t24-/m1/s1. The maximum atomic E-state index is 13.4. The fourth-order valence-corrected chi connectivity index (χ4v) is 3.84. The summed E-state index contributed by atoms with van der Waals surface area (Å²) in [6, 6.07) is 22.8. The zero-order valence-corrected chi connectivity index (χ0v) is 17.8. The van der Waals surface area contributed by atoms with Crippen LogP contribution >= 0.6 is 0 Å². The molecule has 0 saturated carbocycles. The number of hydrogen-bond acceptors (Lipinski definition) is 4. The molecule has 0 saturated heterocycles. The lowest BCUT2D eigenvalue weighted by Crippen LogP contribution is -3.09. The molecular weight excluding hydrogens is 392 g/mol. The lowest BCUT2D eigenvalue weighted by Gasteiger charge is -2.25. The largest absolute Gasteiger partial charge is 0.497 e. The summed E-state index contributed by atoms with van der Waals surface area (Å²) in [6.45, 7) is 1.77. The van der Waals surface area contributed by atoms with Crippen molar-refractivity contribution in [3.63, 3.8) is 0 Å². The van der Waals surface area contributed by atoms with Crippen molar-refractivity contribution in [3.8, 4) is 17.2 Å². The Labute approximate surface area is 182 Å². The molecule has 0 aliphatic carbocycles. The van der Waals surface area contributed by atoms with E-state index in [0.29, 0.717) is 31.2 Å². The van der Waals surface area contributed by atoms with Gasteiger partial charge in [0.25, 0.3) is 5.91 Å². The van der Waals surface area contributed by atoms with Gasteiger partial charge in [0, 0.05) is 22.9 Å². The first-order chi connectivity index (χ1) is 15.1. The molecule has 1 heterocycles. The van der Waals surface area contributed by atoms with Gasteiger partial charge in [-0.15, -0.1) is 0 Å². The highest BCUT2D eigenvalue weighted by molar-refractivity contribution is 5.94. The highest BCUT2D eigenvalue weighted by atomic mass is 16.6. The van der Waals surface area contributed by atoms with E-state index in [2.05, 4.69) is 5.32 Å². The Kier molecular flexibility index (Phi) is 6.38. The van der Waals surface area contributed by atoms with Gasteiger partial charge in [0.2, 0.25) is 0 Å². The Morgan fingerprint density at radius 2 is 1.77 bits per heavy atom. The molecule has 0 bridgehead atoms. The fraction of sp³-hybridized carbons (Fsp3) is 0.240. The van der Waals surface area contributed by atoms with E-state index in [1.165, 1.54) is 0 Å². The second-order valence-electron chi connectivity index (χ2n) is 7.57. The third-order valence-electron chi connectivity index (χ3n) is 5.31. The van der Waals surface area contributed by atoms with E-state index < -0.39 is 0 Å². The molecule has 1 aliphatic heterocycles. The van der Waals surface area contributed by atoms with E-state index in [1.54, 1.807) is 7.11 Å². The first-order valence-corrected chi connectivity index (χ1v) is 10.3. The molecule has 6 nitrogen and oxygen atoms in total. The minimum atomic E-state index is -0.388. The van der Waals surface area contributed by atoms with Gasteiger partial charge in [-0.1, -0.05) is 36.4 Å². The van der Waals surface area contributed by atoms with Gasteiger partial charge in [-0.3, -0.25) is 4.79 Å². The van der Waals surface area contributed by atoms with Crippen LogP contribution in [0.2, 0.25) is 0 Å². The maximum Gasteiger partial charge on any atom is 0.287 e. The van der Waals surface area contributed by atoms with Crippen molar-refractivity contribution in [2.45, 2.75) is 12.6 Å². The zero-order chi connectivity index (χ0) is 21.6. The van der Waals surface area contributed by atoms with Crippen LogP contribution in [0.25, 0.3) is 0 Å². The summed E-state index contributed by atoms with van der Waals surface area (Å²) >= 11 is 0. The summed E-state index contributed by atoms with van der Waals surface area (Å²) in [4.78, 5) is 14.4. The van der Waals surface area contributed by atoms with Crippen LogP contribution in [0.15, 0.2) is 72.8 Å². The minimum absolute atomic E-state index is 0.0745. The third kappa shape index (κ3) is 4.98. The van der Waals surface area contributed by atoms with Crippen LogP contribution in [0.1, 0.15) is 17.2 Å². The summed E-state index contributed by atoms with van der Waals surface area (Å²) in [5.41, 5.74) is 2.74. The summed E-state index contributed by atoms with van der Waals surface area (Å²) < 4.78 is 16.6. The molecule has 1 unspecified atom stereocenters. The Balaban J connectivity index is 1.56. The van der Waals surface area contributed by atoms with Gasteiger partial charge in [0.15, 0.2) is 17.5 Å². The van der Waals surface area contributed by atoms with Crippen LogP contribution in [0, 0.1) is 0 Å². The van der Waals surface area contributed by atoms with Crippen molar-refractivity contribution in [2.24, 2.45) is 0 Å². The van der Waals surface area contributed by atoms with Gasteiger partial charge in [-0.25, -0.2) is 0 Å². The number of likely N-dealkylation sites (N-methyl/N-ethyl adjacent to an activating group) is 1. The highest BCUT2D eigenvalue weighted by Gasteiger charge is 2.29. The summed E-state index contributed by atoms with van der Waals surface area (Å²) in [6.07, 6.45) is 0. The second kappa shape index (κ2) is 9.53. The Bertz CT molecular complexity index is 1040. The van der Waals surface area contributed by atoms with Gasteiger partial charge in [0.05, 0.1) is 14.2 Å². The van der Waals surface area contributed by atoms with Crippen LogP contribution in [-0.2, 0) is 11.3 Å². The molecule has 0 fully saturated rings. The molecule has 0 aromatic heterocycles. The predicted molar refractivity (Wildman–Crippen MR) is 119 cm³/mol. The summed E-state index contributed by atoms with van der Waals surface area (Å²) in [7, 11) is 3.64. The molecule has 0 spiro atoms.